The van der Waals surface area contributed by atoms with Crippen molar-refractivity contribution in [1.82, 2.24) is 9.78 Å². The van der Waals surface area contributed by atoms with Crippen molar-refractivity contribution in [1.29, 1.82) is 0 Å². The molecule has 0 aliphatic carbocycles. The Balaban J connectivity index is 1.82. The van der Waals surface area contributed by atoms with Crippen LogP contribution in [0.2, 0.25) is 0 Å². The third-order valence-corrected chi connectivity index (χ3v) is 3.56. The lowest BCUT2D eigenvalue weighted by molar-refractivity contribution is 0.415. The molecule has 118 valence electrons. The standard InChI is InChI=1S/C16H15N3O3S/c1-21-14-9-5-3-7-12(14)17-10-19-16(23)22-15(18-19)11-6-2-4-8-13(11)20/h2-9,17,20H,10H2,1H3. The van der Waals surface area contributed by atoms with Crippen LogP contribution >= 0.6 is 12.2 Å². The van der Waals surface area contributed by atoms with Gasteiger partial charge in [-0.25, -0.2) is 4.68 Å². The van der Waals surface area contributed by atoms with Crippen LogP contribution in [0, 0.1) is 4.84 Å². The fourth-order valence-corrected chi connectivity index (χ4v) is 2.30. The van der Waals surface area contributed by atoms with Crippen molar-refractivity contribution in [3.8, 4) is 23.0 Å². The average molecular weight is 329 g/mol. The number of phenolic OH excluding ortho intramolecular Hbond substituents is 1. The van der Waals surface area contributed by atoms with E-state index >= 15 is 0 Å². The second-order valence-corrected chi connectivity index (χ2v) is 5.07. The van der Waals surface area contributed by atoms with Crippen LogP contribution in [-0.4, -0.2) is 22.0 Å². The molecule has 0 fully saturated rings. The summed E-state index contributed by atoms with van der Waals surface area (Å²) >= 11 is 5.17. The summed E-state index contributed by atoms with van der Waals surface area (Å²) in [6.07, 6.45) is 0. The molecule has 0 saturated heterocycles. The molecule has 0 radical (unpaired) electrons. The summed E-state index contributed by atoms with van der Waals surface area (Å²) in [5.41, 5.74) is 1.32. The van der Waals surface area contributed by atoms with Crippen LogP contribution in [0.4, 0.5) is 5.69 Å². The molecule has 1 heterocycles. The van der Waals surface area contributed by atoms with Gasteiger partial charge in [0.25, 0.3) is 10.7 Å². The van der Waals surface area contributed by atoms with E-state index in [4.69, 9.17) is 21.4 Å². The summed E-state index contributed by atoms with van der Waals surface area (Å²) in [6.45, 7) is 0.316. The van der Waals surface area contributed by atoms with E-state index in [1.54, 1.807) is 31.4 Å². The number of benzene rings is 2. The van der Waals surface area contributed by atoms with Gasteiger partial charge in [0.05, 0.1) is 18.4 Å². The van der Waals surface area contributed by atoms with Crippen molar-refractivity contribution >= 4 is 17.9 Å². The van der Waals surface area contributed by atoms with Gasteiger partial charge in [-0.1, -0.05) is 24.3 Å². The molecule has 0 unspecified atom stereocenters. The maximum Gasteiger partial charge on any atom is 0.289 e. The van der Waals surface area contributed by atoms with Gasteiger partial charge in [-0.15, -0.1) is 5.10 Å². The number of nitrogens with one attached hydrogen (secondary N) is 1. The zero-order chi connectivity index (χ0) is 16.2. The van der Waals surface area contributed by atoms with Crippen LogP contribution in [0.1, 0.15) is 0 Å². The third-order valence-electron chi connectivity index (χ3n) is 3.27. The highest BCUT2D eigenvalue weighted by Gasteiger charge is 2.12. The second-order valence-electron chi connectivity index (χ2n) is 4.72. The normalized spacial score (nSPS) is 10.5. The van der Waals surface area contributed by atoms with Gasteiger partial charge >= 0.3 is 0 Å². The van der Waals surface area contributed by atoms with Crippen LogP contribution in [0.25, 0.3) is 11.5 Å². The molecule has 0 atom stereocenters. The van der Waals surface area contributed by atoms with E-state index in [0.717, 1.165) is 11.4 Å². The van der Waals surface area contributed by atoms with Gasteiger partial charge in [0.15, 0.2) is 0 Å². The van der Waals surface area contributed by atoms with Gasteiger partial charge in [-0.05, 0) is 36.5 Å². The Hall–Kier alpha value is -2.80. The van der Waals surface area contributed by atoms with Crippen molar-refractivity contribution < 1.29 is 14.3 Å². The number of hydrogen-bond acceptors (Lipinski definition) is 6. The van der Waals surface area contributed by atoms with Crippen LogP contribution in [0.3, 0.4) is 0 Å². The van der Waals surface area contributed by atoms with Crippen LogP contribution in [0.15, 0.2) is 52.9 Å². The lowest BCUT2D eigenvalue weighted by Crippen LogP contribution is -2.10. The van der Waals surface area contributed by atoms with E-state index in [9.17, 15) is 5.11 Å². The van der Waals surface area contributed by atoms with Gasteiger partial charge in [0.1, 0.15) is 18.2 Å². The molecule has 0 saturated carbocycles. The Morgan fingerprint density at radius 2 is 1.96 bits per heavy atom. The average Bonchev–Trinajstić information content (AvgIpc) is 2.94. The monoisotopic (exact) mass is 329 g/mol. The summed E-state index contributed by atoms with van der Waals surface area (Å²) in [5, 5.41) is 17.3. The minimum Gasteiger partial charge on any atom is -0.507 e. The number of para-hydroxylation sites is 3. The largest absolute Gasteiger partial charge is 0.507 e. The fourth-order valence-electron chi connectivity index (χ4n) is 2.12. The highest BCUT2D eigenvalue weighted by atomic mass is 32.1. The number of ether oxygens (including phenoxy) is 1. The first-order valence-electron chi connectivity index (χ1n) is 6.92. The Morgan fingerprint density at radius 3 is 2.74 bits per heavy atom. The van der Waals surface area contributed by atoms with Crippen molar-refractivity contribution in [3.63, 3.8) is 0 Å². The molecule has 0 aliphatic rings. The van der Waals surface area contributed by atoms with E-state index in [1.807, 2.05) is 24.3 Å². The number of hydrogen-bond donors (Lipinski definition) is 2. The van der Waals surface area contributed by atoms with Crippen LogP contribution in [0.5, 0.6) is 11.5 Å². The van der Waals surface area contributed by atoms with E-state index in [-0.39, 0.29) is 16.5 Å². The molecule has 2 N–H and O–H groups in total. The third kappa shape index (κ3) is 3.19. The first kappa shape index (κ1) is 15.1. The Labute approximate surface area is 138 Å². The van der Waals surface area contributed by atoms with E-state index in [1.165, 1.54) is 4.68 Å². The summed E-state index contributed by atoms with van der Waals surface area (Å²) < 4.78 is 12.2. The maximum absolute atomic E-state index is 9.86. The summed E-state index contributed by atoms with van der Waals surface area (Å²) in [4.78, 5) is 0.214. The minimum atomic E-state index is 0.0913. The first-order chi connectivity index (χ1) is 11.2. The topological polar surface area (TPSA) is 72.5 Å². The Morgan fingerprint density at radius 1 is 1.22 bits per heavy atom. The number of anilines is 1. The van der Waals surface area contributed by atoms with Gasteiger partial charge in [-0.2, -0.15) is 0 Å². The number of aromatic nitrogens is 2. The predicted molar refractivity (Wildman–Crippen MR) is 89.0 cm³/mol. The molecule has 3 aromatic rings. The summed E-state index contributed by atoms with van der Waals surface area (Å²) in [7, 11) is 1.61. The molecule has 2 aromatic carbocycles. The summed E-state index contributed by atoms with van der Waals surface area (Å²) in [5.74, 6) is 1.09. The van der Waals surface area contributed by atoms with E-state index in [0.29, 0.717) is 12.2 Å². The molecule has 0 bridgehead atoms. The van der Waals surface area contributed by atoms with Gasteiger partial charge in [-0.3, -0.25) is 0 Å². The van der Waals surface area contributed by atoms with Crippen LogP contribution < -0.4 is 10.1 Å². The van der Waals surface area contributed by atoms with Crippen LogP contribution in [-0.2, 0) is 6.67 Å². The number of phenols is 1. The maximum atomic E-state index is 9.86. The van der Waals surface area contributed by atoms with E-state index in [2.05, 4.69) is 10.4 Å². The molecule has 0 amide bonds. The van der Waals surface area contributed by atoms with Crippen molar-refractivity contribution in [2.24, 2.45) is 0 Å². The summed E-state index contributed by atoms with van der Waals surface area (Å²) in [6, 6.07) is 14.4. The SMILES string of the molecule is COc1ccccc1NCn1nc(-c2ccccc2O)oc1=S. The number of nitrogens with zero attached hydrogens (tertiary/aromatic N) is 2. The molecule has 7 heteroatoms. The zero-order valence-corrected chi connectivity index (χ0v) is 13.2. The highest BCUT2D eigenvalue weighted by molar-refractivity contribution is 7.71. The smallest absolute Gasteiger partial charge is 0.289 e. The van der Waals surface area contributed by atoms with Crippen molar-refractivity contribution in [2.45, 2.75) is 6.67 Å². The molecular formula is C16H15N3O3S. The van der Waals surface area contributed by atoms with Crippen molar-refractivity contribution in [3.05, 3.63) is 53.4 Å². The van der Waals surface area contributed by atoms with Gasteiger partial charge < -0.3 is 19.6 Å². The first-order valence-corrected chi connectivity index (χ1v) is 7.33. The lowest BCUT2D eigenvalue weighted by Gasteiger charge is -2.10. The molecular weight excluding hydrogens is 314 g/mol. The molecule has 6 nitrogen and oxygen atoms in total. The Kier molecular flexibility index (Phi) is 4.29. The fraction of sp³-hybridized carbons (Fsp3) is 0.125. The van der Waals surface area contributed by atoms with E-state index < -0.39 is 0 Å². The molecule has 3 rings (SSSR count). The zero-order valence-electron chi connectivity index (χ0n) is 12.4. The molecule has 0 spiro atoms. The molecule has 1 aromatic heterocycles. The number of aromatic hydroxyl groups is 1. The van der Waals surface area contributed by atoms with Gasteiger partial charge in [0, 0.05) is 0 Å². The predicted octanol–water partition coefficient (Wildman–Crippen LogP) is 3.66. The highest BCUT2D eigenvalue weighted by Crippen LogP contribution is 2.27. The second kappa shape index (κ2) is 6.53. The molecule has 0 aliphatic heterocycles. The van der Waals surface area contributed by atoms with Crippen molar-refractivity contribution in [2.75, 3.05) is 12.4 Å². The minimum absolute atomic E-state index is 0.0913. The van der Waals surface area contributed by atoms with Gasteiger partial charge in [0.2, 0.25) is 0 Å². The number of methoxy groups -OCH3 is 1. The Bertz CT molecular complexity index is 873. The lowest BCUT2D eigenvalue weighted by atomic mass is 10.2. The quantitative estimate of drug-likeness (QED) is 0.696. The number of rotatable bonds is 5. The molecule has 23 heavy (non-hydrogen) atoms.